The third-order valence-electron chi connectivity index (χ3n) is 4.91. The maximum absolute atomic E-state index is 10.9. The van der Waals surface area contributed by atoms with Gasteiger partial charge in [0.05, 0.1) is 5.92 Å². The molecule has 2 aliphatic rings. The summed E-state index contributed by atoms with van der Waals surface area (Å²) in [5.74, 6) is 0.279. The quantitative estimate of drug-likeness (QED) is 0.836. The van der Waals surface area contributed by atoms with Crippen molar-refractivity contribution in [2.45, 2.75) is 64.3 Å². The van der Waals surface area contributed by atoms with Gasteiger partial charge in [-0.2, -0.15) is 0 Å². The smallest absolute Gasteiger partial charge is 0.306 e. The molecular formula is C15H27NO2. The van der Waals surface area contributed by atoms with Gasteiger partial charge in [-0.15, -0.1) is 0 Å². The molecule has 0 amide bonds. The van der Waals surface area contributed by atoms with Crippen LogP contribution < -0.4 is 0 Å². The molecule has 1 N–H and O–H groups in total. The van der Waals surface area contributed by atoms with Crippen molar-refractivity contribution < 1.29 is 9.90 Å². The van der Waals surface area contributed by atoms with Crippen molar-refractivity contribution in [3.63, 3.8) is 0 Å². The van der Waals surface area contributed by atoms with Crippen LogP contribution in [0.25, 0.3) is 0 Å². The zero-order valence-electron chi connectivity index (χ0n) is 11.6. The number of piperidine rings is 1. The van der Waals surface area contributed by atoms with E-state index in [1.807, 2.05) is 0 Å². The third-order valence-corrected chi connectivity index (χ3v) is 4.91. The second kappa shape index (κ2) is 6.55. The monoisotopic (exact) mass is 253 g/mol. The first-order valence-corrected chi connectivity index (χ1v) is 7.67. The van der Waals surface area contributed by atoms with Crippen molar-refractivity contribution >= 4 is 5.97 Å². The van der Waals surface area contributed by atoms with Gasteiger partial charge in [0.15, 0.2) is 0 Å². The number of rotatable bonds is 4. The first-order valence-electron chi connectivity index (χ1n) is 7.67. The summed E-state index contributed by atoms with van der Waals surface area (Å²) in [5, 5.41) is 9.01. The first-order chi connectivity index (χ1) is 8.70. The number of hydrogen-bond acceptors (Lipinski definition) is 2. The van der Waals surface area contributed by atoms with Crippen molar-refractivity contribution in [3.05, 3.63) is 0 Å². The highest BCUT2D eigenvalue weighted by Gasteiger charge is 2.30. The summed E-state index contributed by atoms with van der Waals surface area (Å²) in [4.78, 5) is 13.5. The highest BCUT2D eigenvalue weighted by atomic mass is 16.4. The number of carboxylic acid groups (broad SMARTS) is 1. The van der Waals surface area contributed by atoms with Crippen LogP contribution in [0.3, 0.4) is 0 Å². The Hall–Kier alpha value is -0.570. The van der Waals surface area contributed by atoms with E-state index in [4.69, 9.17) is 5.11 Å². The van der Waals surface area contributed by atoms with Gasteiger partial charge in [0.1, 0.15) is 0 Å². The molecule has 0 aromatic heterocycles. The van der Waals surface area contributed by atoms with Crippen molar-refractivity contribution in [1.82, 2.24) is 4.90 Å². The molecule has 1 aliphatic carbocycles. The standard InChI is InChI=1S/C15H27NO2/c1-2-3-12-4-6-14(7-5-12)16-10-8-13(9-11-16)15(17)18/h12-14H,2-11H2,1H3,(H,17,18). The van der Waals surface area contributed by atoms with Crippen molar-refractivity contribution in [3.8, 4) is 0 Å². The van der Waals surface area contributed by atoms with Gasteiger partial charge >= 0.3 is 5.97 Å². The molecule has 1 saturated carbocycles. The van der Waals surface area contributed by atoms with E-state index in [2.05, 4.69) is 11.8 Å². The second-order valence-electron chi connectivity index (χ2n) is 6.11. The van der Waals surface area contributed by atoms with Crippen molar-refractivity contribution in [2.24, 2.45) is 11.8 Å². The number of carboxylic acids is 1. The van der Waals surface area contributed by atoms with Gasteiger partial charge in [-0.05, 0) is 57.5 Å². The lowest BCUT2D eigenvalue weighted by molar-refractivity contribution is -0.143. The van der Waals surface area contributed by atoms with Gasteiger partial charge in [-0.25, -0.2) is 0 Å². The van der Waals surface area contributed by atoms with Gasteiger partial charge < -0.3 is 10.0 Å². The topological polar surface area (TPSA) is 40.5 Å². The lowest BCUT2D eigenvalue weighted by Crippen LogP contribution is -2.44. The number of nitrogens with zero attached hydrogens (tertiary/aromatic N) is 1. The van der Waals surface area contributed by atoms with Crippen molar-refractivity contribution in [1.29, 1.82) is 0 Å². The van der Waals surface area contributed by atoms with Gasteiger partial charge in [0, 0.05) is 6.04 Å². The molecule has 3 nitrogen and oxygen atoms in total. The highest BCUT2D eigenvalue weighted by Crippen LogP contribution is 2.32. The van der Waals surface area contributed by atoms with Crippen LogP contribution in [0.4, 0.5) is 0 Å². The minimum Gasteiger partial charge on any atom is -0.481 e. The van der Waals surface area contributed by atoms with Crippen LogP contribution in [-0.2, 0) is 4.79 Å². The number of likely N-dealkylation sites (tertiary alicyclic amines) is 1. The number of aliphatic carboxylic acids is 1. The average Bonchev–Trinajstić information content (AvgIpc) is 2.40. The number of hydrogen-bond donors (Lipinski definition) is 1. The molecule has 1 heterocycles. The minimum atomic E-state index is -0.596. The molecule has 18 heavy (non-hydrogen) atoms. The van der Waals surface area contributed by atoms with E-state index in [0.717, 1.165) is 37.9 Å². The van der Waals surface area contributed by atoms with Gasteiger partial charge in [-0.3, -0.25) is 4.79 Å². The Morgan fingerprint density at radius 2 is 1.72 bits per heavy atom. The van der Waals surface area contributed by atoms with Gasteiger partial charge in [-0.1, -0.05) is 19.8 Å². The summed E-state index contributed by atoms with van der Waals surface area (Å²) in [6, 6.07) is 0.743. The fourth-order valence-electron chi connectivity index (χ4n) is 3.72. The van der Waals surface area contributed by atoms with E-state index in [1.54, 1.807) is 0 Å². The maximum atomic E-state index is 10.9. The lowest BCUT2D eigenvalue weighted by Gasteiger charge is -2.40. The molecule has 0 spiro atoms. The summed E-state index contributed by atoms with van der Waals surface area (Å²) in [7, 11) is 0. The largest absolute Gasteiger partial charge is 0.481 e. The Morgan fingerprint density at radius 3 is 2.22 bits per heavy atom. The molecule has 2 rings (SSSR count). The molecular weight excluding hydrogens is 226 g/mol. The average molecular weight is 253 g/mol. The molecule has 1 saturated heterocycles. The van der Waals surface area contributed by atoms with Crippen LogP contribution in [0.2, 0.25) is 0 Å². The van der Waals surface area contributed by atoms with Crippen LogP contribution in [-0.4, -0.2) is 35.1 Å². The third kappa shape index (κ3) is 3.47. The maximum Gasteiger partial charge on any atom is 0.306 e. The van der Waals surface area contributed by atoms with E-state index >= 15 is 0 Å². The molecule has 0 aromatic carbocycles. The molecule has 0 bridgehead atoms. The van der Waals surface area contributed by atoms with E-state index in [1.165, 1.54) is 38.5 Å². The van der Waals surface area contributed by atoms with E-state index < -0.39 is 5.97 Å². The Balaban J connectivity index is 1.73. The lowest BCUT2D eigenvalue weighted by atomic mass is 9.82. The van der Waals surface area contributed by atoms with E-state index in [0.29, 0.717) is 0 Å². The summed E-state index contributed by atoms with van der Waals surface area (Å²) in [6.45, 7) is 4.28. The van der Waals surface area contributed by atoms with Crippen LogP contribution >= 0.6 is 0 Å². The Morgan fingerprint density at radius 1 is 1.11 bits per heavy atom. The predicted octanol–water partition coefficient (Wildman–Crippen LogP) is 3.14. The van der Waals surface area contributed by atoms with Crippen molar-refractivity contribution in [2.75, 3.05) is 13.1 Å². The summed E-state index contributed by atoms with van der Waals surface area (Å²) >= 11 is 0. The Labute approximate surface area is 111 Å². The van der Waals surface area contributed by atoms with Gasteiger partial charge in [0.2, 0.25) is 0 Å². The second-order valence-corrected chi connectivity index (χ2v) is 6.11. The normalized spacial score (nSPS) is 31.4. The zero-order chi connectivity index (χ0) is 13.0. The molecule has 0 radical (unpaired) electrons. The van der Waals surface area contributed by atoms with Crippen LogP contribution in [0.5, 0.6) is 0 Å². The molecule has 104 valence electrons. The molecule has 3 heteroatoms. The Bertz CT molecular complexity index is 264. The first kappa shape index (κ1) is 13.9. The molecule has 1 aliphatic heterocycles. The van der Waals surface area contributed by atoms with Crippen LogP contribution in [0, 0.1) is 11.8 Å². The van der Waals surface area contributed by atoms with Crippen LogP contribution in [0.15, 0.2) is 0 Å². The predicted molar refractivity (Wildman–Crippen MR) is 72.6 cm³/mol. The van der Waals surface area contributed by atoms with Crippen LogP contribution in [0.1, 0.15) is 58.3 Å². The fourth-order valence-corrected chi connectivity index (χ4v) is 3.72. The molecule has 2 fully saturated rings. The van der Waals surface area contributed by atoms with E-state index in [9.17, 15) is 4.79 Å². The molecule has 0 atom stereocenters. The zero-order valence-corrected chi connectivity index (χ0v) is 11.6. The SMILES string of the molecule is CCCC1CCC(N2CCC(C(=O)O)CC2)CC1. The minimum absolute atomic E-state index is 0.0855. The highest BCUT2D eigenvalue weighted by molar-refractivity contribution is 5.70. The molecule has 0 aromatic rings. The summed E-state index contributed by atoms with van der Waals surface area (Å²) in [6.07, 6.45) is 9.86. The van der Waals surface area contributed by atoms with E-state index in [-0.39, 0.29) is 5.92 Å². The number of carbonyl (C=O) groups is 1. The molecule has 0 unspecified atom stereocenters. The Kier molecular flexibility index (Phi) is 5.04. The fraction of sp³-hybridized carbons (Fsp3) is 0.933. The van der Waals surface area contributed by atoms with Gasteiger partial charge in [0.25, 0.3) is 0 Å². The summed E-state index contributed by atoms with van der Waals surface area (Å²) in [5.41, 5.74) is 0. The summed E-state index contributed by atoms with van der Waals surface area (Å²) < 4.78 is 0.